The van der Waals surface area contributed by atoms with Gasteiger partial charge in [0.2, 0.25) is 0 Å². The molecule has 0 aliphatic carbocycles. The second kappa shape index (κ2) is 12.6. The Labute approximate surface area is 247 Å². The third-order valence-electron chi connectivity index (χ3n) is 6.00. The molecule has 40 heavy (non-hydrogen) atoms. The smallest absolute Gasteiger partial charge is 0.255 e. The van der Waals surface area contributed by atoms with Gasteiger partial charge in [0.1, 0.15) is 0 Å². The average molecular weight is 654 g/mol. The molecule has 0 aliphatic heterocycles. The molecule has 0 saturated carbocycles. The fraction of sp³-hybridized carbons (Fsp3) is 0. The monoisotopic (exact) mass is 652 g/mol. The molecule has 6 rings (SSSR count). The summed E-state index contributed by atoms with van der Waals surface area (Å²) in [5.74, 6) is -0.278. The van der Waals surface area contributed by atoms with Gasteiger partial charge in [-0.15, -0.1) is 0 Å². The maximum Gasteiger partial charge on any atom is 0.255 e. The standard InChI is InChI=1S/2C16H11BrN2O/c2*17-13-8-9-14(15-12(13)7-4-10-18-15)19-16(20)11-5-2-1-3-6-11/h2*1-10H,(H,19,20). The summed E-state index contributed by atoms with van der Waals surface area (Å²) in [6.07, 6.45) is 3.43. The van der Waals surface area contributed by atoms with Gasteiger partial charge < -0.3 is 10.6 Å². The number of carbonyl (C=O) groups excluding carboxylic acids is 2. The van der Waals surface area contributed by atoms with Gasteiger partial charge in [-0.3, -0.25) is 19.6 Å². The lowest BCUT2D eigenvalue weighted by Gasteiger charge is -2.09. The van der Waals surface area contributed by atoms with Crippen molar-refractivity contribution in [2.24, 2.45) is 0 Å². The maximum atomic E-state index is 12.2. The number of anilines is 2. The minimum absolute atomic E-state index is 0.139. The number of nitrogens with one attached hydrogen (secondary N) is 2. The van der Waals surface area contributed by atoms with E-state index in [2.05, 4.69) is 52.5 Å². The van der Waals surface area contributed by atoms with E-state index in [1.165, 1.54) is 0 Å². The molecule has 2 N–H and O–H groups in total. The number of fused-ring (bicyclic) bond motifs is 2. The minimum Gasteiger partial charge on any atom is -0.320 e. The van der Waals surface area contributed by atoms with Gasteiger partial charge in [0, 0.05) is 43.2 Å². The quantitative estimate of drug-likeness (QED) is 0.200. The lowest BCUT2D eigenvalue weighted by molar-refractivity contribution is 0.101. The summed E-state index contributed by atoms with van der Waals surface area (Å²) in [6, 6.07) is 33.4. The molecule has 2 heterocycles. The highest BCUT2D eigenvalue weighted by atomic mass is 79.9. The van der Waals surface area contributed by atoms with Crippen molar-refractivity contribution in [2.45, 2.75) is 0 Å². The molecule has 0 unspecified atom stereocenters. The number of hydrogen-bond donors (Lipinski definition) is 2. The Kier molecular flexibility index (Phi) is 8.59. The molecule has 6 aromatic rings. The van der Waals surface area contributed by atoms with E-state index in [4.69, 9.17) is 0 Å². The van der Waals surface area contributed by atoms with Gasteiger partial charge in [0.25, 0.3) is 11.8 Å². The molecule has 0 fully saturated rings. The number of nitrogens with zero attached hydrogens (tertiary/aromatic N) is 2. The van der Waals surface area contributed by atoms with Crippen LogP contribution in [0.3, 0.4) is 0 Å². The van der Waals surface area contributed by atoms with Crippen LogP contribution in [-0.2, 0) is 0 Å². The predicted octanol–water partition coefficient (Wildman–Crippen LogP) is 8.50. The van der Waals surface area contributed by atoms with Crippen LogP contribution in [0.4, 0.5) is 11.4 Å². The van der Waals surface area contributed by atoms with Crippen LogP contribution in [0.5, 0.6) is 0 Å². The van der Waals surface area contributed by atoms with Crippen LogP contribution in [-0.4, -0.2) is 21.8 Å². The van der Waals surface area contributed by atoms with Crippen molar-refractivity contribution in [3.63, 3.8) is 0 Å². The molecule has 2 amide bonds. The third-order valence-corrected chi connectivity index (χ3v) is 7.38. The fourth-order valence-electron chi connectivity index (χ4n) is 4.05. The Hall–Kier alpha value is -4.40. The summed E-state index contributed by atoms with van der Waals surface area (Å²) >= 11 is 6.98. The summed E-state index contributed by atoms with van der Waals surface area (Å²) in [4.78, 5) is 33.1. The molecule has 2 aromatic heterocycles. The molecule has 0 saturated heterocycles. The van der Waals surface area contributed by atoms with Crippen LogP contribution in [0.1, 0.15) is 20.7 Å². The van der Waals surface area contributed by atoms with Crippen LogP contribution in [0.25, 0.3) is 21.8 Å². The van der Waals surface area contributed by atoms with Crippen molar-refractivity contribution in [3.8, 4) is 0 Å². The molecule has 196 valence electrons. The number of halogens is 2. The molecule has 0 aliphatic rings. The molecule has 6 nitrogen and oxygen atoms in total. The Bertz CT molecular complexity index is 1680. The van der Waals surface area contributed by atoms with Gasteiger partial charge in [-0.05, 0) is 60.7 Å². The summed E-state index contributed by atoms with van der Waals surface area (Å²) < 4.78 is 1.91. The number of benzene rings is 4. The number of hydrogen-bond acceptors (Lipinski definition) is 4. The van der Waals surface area contributed by atoms with Gasteiger partial charge in [-0.25, -0.2) is 0 Å². The maximum absolute atomic E-state index is 12.2. The second-order valence-corrected chi connectivity index (χ2v) is 10.3. The number of carbonyl (C=O) groups is 2. The number of pyridine rings is 2. The SMILES string of the molecule is O=C(Nc1ccc(Br)c2cccnc12)c1ccccc1.O=C(Nc1ccc(Br)c2cccnc12)c1ccccc1. The van der Waals surface area contributed by atoms with E-state index in [-0.39, 0.29) is 11.8 Å². The minimum atomic E-state index is -0.139. The molecule has 0 bridgehead atoms. The van der Waals surface area contributed by atoms with Crippen molar-refractivity contribution in [2.75, 3.05) is 10.6 Å². The van der Waals surface area contributed by atoms with Gasteiger partial charge >= 0.3 is 0 Å². The normalized spacial score (nSPS) is 10.4. The largest absolute Gasteiger partial charge is 0.320 e. The number of rotatable bonds is 4. The first-order chi connectivity index (χ1) is 19.5. The van der Waals surface area contributed by atoms with Gasteiger partial charge in [0.15, 0.2) is 0 Å². The molecular formula is C32H22Br2N4O2. The van der Waals surface area contributed by atoms with E-state index in [9.17, 15) is 9.59 Å². The number of amides is 2. The van der Waals surface area contributed by atoms with Crippen molar-refractivity contribution in [1.82, 2.24) is 9.97 Å². The van der Waals surface area contributed by atoms with E-state index < -0.39 is 0 Å². The van der Waals surface area contributed by atoms with Crippen molar-refractivity contribution < 1.29 is 9.59 Å². The molecule has 0 atom stereocenters. The van der Waals surface area contributed by atoms with Gasteiger partial charge in [-0.1, -0.05) is 80.4 Å². The van der Waals surface area contributed by atoms with E-state index in [0.717, 1.165) is 30.8 Å². The van der Waals surface area contributed by atoms with Crippen LogP contribution in [0.2, 0.25) is 0 Å². The first-order valence-corrected chi connectivity index (χ1v) is 13.9. The van der Waals surface area contributed by atoms with E-state index in [1.54, 1.807) is 36.7 Å². The zero-order valence-electron chi connectivity index (χ0n) is 21.0. The lowest BCUT2D eigenvalue weighted by atomic mass is 10.1. The second-order valence-electron chi connectivity index (χ2n) is 8.63. The summed E-state index contributed by atoms with van der Waals surface area (Å²) in [7, 11) is 0. The zero-order chi connectivity index (χ0) is 27.9. The molecule has 0 spiro atoms. The zero-order valence-corrected chi connectivity index (χ0v) is 24.2. The van der Waals surface area contributed by atoms with Crippen LogP contribution >= 0.6 is 31.9 Å². The topological polar surface area (TPSA) is 84.0 Å². The Morgan fingerprint density at radius 2 is 0.900 bits per heavy atom. The average Bonchev–Trinajstić information content (AvgIpc) is 3.01. The van der Waals surface area contributed by atoms with Crippen molar-refractivity contribution in [1.29, 1.82) is 0 Å². The molecule has 8 heteroatoms. The van der Waals surface area contributed by atoms with Crippen LogP contribution < -0.4 is 10.6 Å². The predicted molar refractivity (Wildman–Crippen MR) is 168 cm³/mol. The molecule has 4 aromatic carbocycles. The summed E-state index contributed by atoms with van der Waals surface area (Å²) in [5.41, 5.74) is 4.20. The highest BCUT2D eigenvalue weighted by Gasteiger charge is 2.11. The van der Waals surface area contributed by atoms with Gasteiger partial charge in [-0.2, -0.15) is 0 Å². The van der Waals surface area contributed by atoms with Crippen molar-refractivity contribution >= 4 is 76.9 Å². The highest BCUT2D eigenvalue weighted by molar-refractivity contribution is 9.11. The molecule has 0 radical (unpaired) electrons. The van der Waals surface area contributed by atoms with Crippen LogP contribution in [0, 0.1) is 0 Å². The Morgan fingerprint density at radius 1 is 0.500 bits per heavy atom. The van der Waals surface area contributed by atoms with Gasteiger partial charge in [0.05, 0.1) is 22.4 Å². The summed E-state index contributed by atoms with van der Waals surface area (Å²) in [5, 5.41) is 7.75. The highest BCUT2D eigenvalue weighted by Crippen LogP contribution is 2.29. The Balaban J connectivity index is 0.000000161. The first-order valence-electron chi connectivity index (χ1n) is 12.3. The first kappa shape index (κ1) is 27.2. The van der Waals surface area contributed by atoms with E-state index in [1.807, 2.05) is 84.9 Å². The van der Waals surface area contributed by atoms with E-state index >= 15 is 0 Å². The van der Waals surface area contributed by atoms with Crippen molar-refractivity contribution in [3.05, 3.63) is 142 Å². The number of aromatic nitrogens is 2. The summed E-state index contributed by atoms with van der Waals surface area (Å²) in [6.45, 7) is 0. The third kappa shape index (κ3) is 6.25. The fourth-order valence-corrected chi connectivity index (χ4v) is 4.95. The molecular weight excluding hydrogens is 632 g/mol. The lowest BCUT2D eigenvalue weighted by Crippen LogP contribution is -2.12. The van der Waals surface area contributed by atoms with Crippen LogP contribution in [0.15, 0.2) is 131 Å². The Morgan fingerprint density at radius 3 is 1.30 bits per heavy atom. The van der Waals surface area contributed by atoms with E-state index in [0.29, 0.717) is 22.5 Å².